The van der Waals surface area contributed by atoms with Crippen LogP contribution >= 0.6 is 0 Å². The van der Waals surface area contributed by atoms with E-state index >= 15 is 0 Å². The molecule has 30 heavy (non-hydrogen) atoms. The second kappa shape index (κ2) is 17.6. The number of quaternary nitrogens is 1. The maximum Gasteiger partial charge on any atom is 0.306 e. The first-order valence-corrected chi connectivity index (χ1v) is 12.3. The second-order valence-electron chi connectivity index (χ2n) is 10.1. The summed E-state index contributed by atoms with van der Waals surface area (Å²) < 4.78 is 5.94. The smallest absolute Gasteiger partial charge is 0.306 e. The number of likely N-dealkylation sites (N-methyl/N-ethyl adjacent to an activating group) is 1. The van der Waals surface area contributed by atoms with E-state index in [0.717, 1.165) is 25.2 Å². The van der Waals surface area contributed by atoms with Crippen LogP contribution in [0.2, 0.25) is 0 Å². The monoisotopic (exact) mass is 427 g/mol. The van der Waals surface area contributed by atoms with Gasteiger partial charge in [-0.3, -0.25) is 4.79 Å². The Balaban J connectivity index is 3.75. The normalized spacial score (nSPS) is 13.8. The van der Waals surface area contributed by atoms with Crippen LogP contribution in [0.15, 0.2) is 0 Å². The molecule has 0 aromatic heterocycles. The minimum Gasteiger partial charge on any atom is -0.550 e. The molecule has 0 fully saturated rings. The van der Waals surface area contributed by atoms with Gasteiger partial charge in [-0.1, -0.05) is 90.9 Å². The molecule has 0 N–H and O–H groups in total. The maximum atomic E-state index is 12.1. The van der Waals surface area contributed by atoms with Gasteiger partial charge in [0, 0.05) is 18.8 Å². The van der Waals surface area contributed by atoms with Crippen LogP contribution in [0.1, 0.15) is 110 Å². The fourth-order valence-electron chi connectivity index (χ4n) is 3.90. The quantitative estimate of drug-likeness (QED) is 0.158. The summed E-state index contributed by atoms with van der Waals surface area (Å²) in [4.78, 5) is 23.0. The van der Waals surface area contributed by atoms with Crippen LogP contribution in [0.5, 0.6) is 0 Å². The van der Waals surface area contributed by atoms with Crippen molar-refractivity contribution in [1.29, 1.82) is 0 Å². The van der Waals surface area contributed by atoms with Crippen molar-refractivity contribution in [2.75, 3.05) is 27.7 Å². The third-order valence-corrected chi connectivity index (χ3v) is 5.57. The minimum atomic E-state index is -1.17. The number of hydrogen-bond acceptors (Lipinski definition) is 4. The number of rotatable bonds is 20. The van der Waals surface area contributed by atoms with Gasteiger partial charge in [0.2, 0.25) is 0 Å². The maximum absolute atomic E-state index is 12.1. The van der Waals surface area contributed by atoms with Crippen LogP contribution in [0, 0.1) is 5.92 Å². The molecule has 178 valence electrons. The third-order valence-electron chi connectivity index (χ3n) is 5.57. The standard InChI is InChI=1S/C25H49NO4/c1-6-7-8-9-10-11-12-14-17-22(2)18-15-13-16-19-25(29)30-23(20-24(27)28)21-26(3,4)5/h22-23H,6-21H2,1-5H3. The highest BCUT2D eigenvalue weighted by Gasteiger charge is 2.22. The van der Waals surface area contributed by atoms with Gasteiger partial charge < -0.3 is 19.1 Å². The van der Waals surface area contributed by atoms with E-state index in [2.05, 4.69) is 13.8 Å². The first-order valence-electron chi connectivity index (χ1n) is 12.3. The van der Waals surface area contributed by atoms with E-state index in [-0.39, 0.29) is 12.4 Å². The van der Waals surface area contributed by atoms with Crippen LogP contribution in [-0.2, 0) is 14.3 Å². The Labute approximate surface area is 186 Å². The number of carboxylic acids is 1. The number of carbonyl (C=O) groups excluding carboxylic acids is 2. The predicted molar refractivity (Wildman–Crippen MR) is 122 cm³/mol. The molecule has 0 rings (SSSR count). The highest BCUT2D eigenvalue weighted by atomic mass is 16.5. The van der Waals surface area contributed by atoms with E-state index in [9.17, 15) is 14.7 Å². The SMILES string of the molecule is CCCCCCCCCCC(C)CCCCCC(=O)OC(CC(=O)[O-])C[N+](C)(C)C. The molecule has 5 nitrogen and oxygen atoms in total. The van der Waals surface area contributed by atoms with E-state index in [4.69, 9.17) is 4.74 Å². The van der Waals surface area contributed by atoms with Gasteiger partial charge in [-0.2, -0.15) is 0 Å². The number of aliphatic carboxylic acids is 1. The van der Waals surface area contributed by atoms with Gasteiger partial charge in [-0.25, -0.2) is 0 Å². The predicted octanol–water partition coefficient (Wildman–Crippen LogP) is 4.86. The van der Waals surface area contributed by atoms with E-state index in [1.165, 1.54) is 64.2 Å². The molecule has 5 heteroatoms. The third kappa shape index (κ3) is 20.2. The average molecular weight is 428 g/mol. The molecule has 0 aliphatic carbocycles. The van der Waals surface area contributed by atoms with E-state index < -0.39 is 12.1 Å². The first-order chi connectivity index (χ1) is 14.1. The summed E-state index contributed by atoms with van der Waals surface area (Å²) in [5.74, 6) is -0.706. The van der Waals surface area contributed by atoms with E-state index in [1.807, 2.05) is 21.1 Å². The summed E-state index contributed by atoms with van der Waals surface area (Å²) in [6.07, 6.45) is 16.0. The van der Waals surface area contributed by atoms with Crippen molar-refractivity contribution < 1.29 is 23.9 Å². The number of unbranched alkanes of at least 4 members (excludes halogenated alkanes) is 9. The number of nitrogens with zero attached hydrogens (tertiary/aromatic N) is 1. The lowest BCUT2D eigenvalue weighted by molar-refractivity contribution is -0.873. The largest absolute Gasteiger partial charge is 0.550 e. The van der Waals surface area contributed by atoms with Crippen molar-refractivity contribution in [3.05, 3.63) is 0 Å². The summed E-state index contributed by atoms with van der Waals surface area (Å²) in [5, 5.41) is 10.9. The Hall–Kier alpha value is -1.10. The lowest BCUT2D eigenvalue weighted by atomic mass is 9.96. The molecule has 2 atom stereocenters. The molecular weight excluding hydrogens is 378 g/mol. The zero-order chi connectivity index (χ0) is 22.8. The van der Waals surface area contributed by atoms with Crippen molar-refractivity contribution in [2.24, 2.45) is 5.92 Å². The Morgan fingerprint density at radius 1 is 0.833 bits per heavy atom. The topological polar surface area (TPSA) is 66.4 Å². The average Bonchev–Trinajstić information content (AvgIpc) is 2.61. The van der Waals surface area contributed by atoms with Gasteiger partial charge >= 0.3 is 5.97 Å². The van der Waals surface area contributed by atoms with E-state index in [1.54, 1.807) is 0 Å². The molecule has 0 spiro atoms. The fraction of sp³-hybridized carbons (Fsp3) is 0.920. The number of carbonyl (C=O) groups is 2. The Morgan fingerprint density at radius 2 is 1.33 bits per heavy atom. The van der Waals surface area contributed by atoms with Gasteiger partial charge in [0.25, 0.3) is 0 Å². The number of hydrogen-bond donors (Lipinski definition) is 0. The minimum absolute atomic E-state index is 0.239. The van der Waals surface area contributed by atoms with Crippen molar-refractivity contribution in [2.45, 2.75) is 116 Å². The molecular formula is C25H49NO4. The summed E-state index contributed by atoms with van der Waals surface area (Å²) in [6.45, 7) is 5.07. The summed E-state index contributed by atoms with van der Waals surface area (Å²) >= 11 is 0. The molecule has 2 unspecified atom stereocenters. The second-order valence-corrected chi connectivity index (χ2v) is 10.1. The summed E-state index contributed by atoms with van der Waals surface area (Å²) in [7, 11) is 5.85. The zero-order valence-corrected chi connectivity index (χ0v) is 20.5. The van der Waals surface area contributed by atoms with Crippen LogP contribution in [0.4, 0.5) is 0 Å². The number of carboxylic acid groups (broad SMARTS) is 1. The van der Waals surface area contributed by atoms with Gasteiger partial charge in [-0.15, -0.1) is 0 Å². The summed E-state index contributed by atoms with van der Waals surface area (Å²) in [5.41, 5.74) is 0. The van der Waals surface area contributed by atoms with Crippen LogP contribution in [0.25, 0.3) is 0 Å². The molecule has 0 aromatic carbocycles. The molecule has 0 saturated heterocycles. The summed E-state index contributed by atoms with van der Waals surface area (Å²) in [6, 6.07) is 0. The molecule has 0 heterocycles. The van der Waals surface area contributed by atoms with Crippen molar-refractivity contribution in [3.8, 4) is 0 Å². The van der Waals surface area contributed by atoms with Crippen LogP contribution in [-0.4, -0.2) is 50.2 Å². The zero-order valence-electron chi connectivity index (χ0n) is 20.5. The van der Waals surface area contributed by atoms with Gasteiger partial charge in [-0.05, 0) is 12.3 Å². The highest BCUT2D eigenvalue weighted by molar-refractivity contribution is 5.70. The van der Waals surface area contributed by atoms with Crippen molar-refractivity contribution in [1.82, 2.24) is 0 Å². The lowest BCUT2D eigenvalue weighted by Crippen LogP contribution is -2.45. The van der Waals surface area contributed by atoms with Crippen molar-refractivity contribution in [3.63, 3.8) is 0 Å². The lowest BCUT2D eigenvalue weighted by Gasteiger charge is -2.29. The van der Waals surface area contributed by atoms with Gasteiger partial charge in [0.15, 0.2) is 6.10 Å². The van der Waals surface area contributed by atoms with Gasteiger partial charge in [0.1, 0.15) is 6.54 Å². The molecule has 0 radical (unpaired) electrons. The van der Waals surface area contributed by atoms with Gasteiger partial charge in [0.05, 0.1) is 21.1 Å². The molecule has 0 aliphatic rings. The Morgan fingerprint density at radius 3 is 1.83 bits per heavy atom. The molecule has 0 amide bonds. The Kier molecular flexibility index (Phi) is 16.9. The molecule has 0 saturated carbocycles. The molecule has 0 bridgehead atoms. The van der Waals surface area contributed by atoms with Crippen LogP contribution in [0.3, 0.4) is 0 Å². The number of ether oxygens (including phenoxy) is 1. The fourth-order valence-corrected chi connectivity index (χ4v) is 3.90. The Bertz CT molecular complexity index is 445. The van der Waals surface area contributed by atoms with Crippen LogP contribution < -0.4 is 5.11 Å². The number of esters is 1. The highest BCUT2D eigenvalue weighted by Crippen LogP contribution is 2.18. The molecule has 0 aromatic rings. The molecule has 0 aliphatic heterocycles. The van der Waals surface area contributed by atoms with Crippen molar-refractivity contribution >= 4 is 11.9 Å². The van der Waals surface area contributed by atoms with E-state index in [0.29, 0.717) is 17.4 Å². The first kappa shape index (κ1) is 28.9.